The Morgan fingerprint density at radius 3 is 2.66 bits per heavy atom. The molecule has 1 amide bonds. The molecule has 1 aliphatic heterocycles. The van der Waals surface area contributed by atoms with Crippen molar-refractivity contribution in [1.82, 2.24) is 14.9 Å². The van der Waals surface area contributed by atoms with Gasteiger partial charge in [0.1, 0.15) is 11.1 Å². The molecule has 7 nitrogen and oxygen atoms in total. The van der Waals surface area contributed by atoms with E-state index in [1.807, 2.05) is 6.07 Å². The van der Waals surface area contributed by atoms with Gasteiger partial charge in [-0.1, -0.05) is 27.2 Å². The van der Waals surface area contributed by atoms with Crippen LogP contribution in [-0.4, -0.2) is 53.5 Å². The third kappa shape index (κ3) is 4.79. The van der Waals surface area contributed by atoms with Gasteiger partial charge in [-0.3, -0.25) is 9.69 Å². The Morgan fingerprint density at radius 1 is 1.28 bits per heavy atom. The number of fused-ring (bicyclic) bond motifs is 1. The molecule has 0 aromatic carbocycles. The highest BCUT2D eigenvalue weighted by Gasteiger charge is 2.34. The van der Waals surface area contributed by atoms with E-state index in [0.717, 1.165) is 68.4 Å². The van der Waals surface area contributed by atoms with Gasteiger partial charge in [0, 0.05) is 43.4 Å². The summed E-state index contributed by atoms with van der Waals surface area (Å²) >= 11 is 1.61. The maximum atomic E-state index is 12.8. The normalized spacial score (nSPS) is 19.3. The number of rotatable bonds is 6. The minimum absolute atomic E-state index is 0.0463. The molecule has 1 unspecified atom stereocenters. The molecule has 2 aromatic heterocycles. The number of aromatic nitrogens is 2. The lowest BCUT2D eigenvalue weighted by atomic mass is 9.69. The first-order chi connectivity index (χ1) is 15.4. The molecular weight excluding hydrogens is 420 g/mol. The maximum absolute atomic E-state index is 12.8. The maximum Gasteiger partial charge on any atom is 0.239 e. The van der Waals surface area contributed by atoms with Crippen LogP contribution in [0.25, 0.3) is 0 Å². The second-order valence-corrected chi connectivity index (χ2v) is 10.6. The number of hydrogen-bond acceptors (Lipinski definition) is 7. The molecule has 0 spiro atoms. The van der Waals surface area contributed by atoms with Crippen molar-refractivity contribution in [2.75, 3.05) is 42.9 Å². The predicted octanol–water partition coefficient (Wildman–Crippen LogP) is 3.71. The number of anilines is 2. The van der Waals surface area contributed by atoms with Crippen LogP contribution in [0.1, 0.15) is 49.6 Å². The van der Waals surface area contributed by atoms with E-state index >= 15 is 0 Å². The van der Waals surface area contributed by atoms with Crippen LogP contribution in [0.15, 0.2) is 18.5 Å². The molecule has 1 aliphatic carbocycles. The van der Waals surface area contributed by atoms with E-state index < -0.39 is 0 Å². The summed E-state index contributed by atoms with van der Waals surface area (Å²) in [6.45, 7) is 10.4. The van der Waals surface area contributed by atoms with Gasteiger partial charge in [0.05, 0.1) is 12.1 Å². The minimum Gasteiger partial charge on any atom is -0.338 e. The zero-order valence-corrected chi connectivity index (χ0v) is 20.0. The Kier molecular flexibility index (Phi) is 6.77. The van der Waals surface area contributed by atoms with Gasteiger partial charge in [0.15, 0.2) is 0 Å². The molecular formula is C24H32N6OS. The number of amides is 1. The SMILES string of the molecule is CCC(C)(C)C1CCc2c(sc(NC(=O)CN3CCN(c4ncccn4)CC3)c2C#N)C1. The van der Waals surface area contributed by atoms with Crippen molar-refractivity contribution in [2.24, 2.45) is 11.3 Å². The monoisotopic (exact) mass is 452 g/mol. The third-order valence-electron chi connectivity index (χ3n) is 7.22. The first kappa shape index (κ1) is 22.7. The standard InChI is InChI=1S/C24H32N6OS/c1-4-24(2,3)17-6-7-18-19(15-25)22(32-20(18)14-17)28-21(31)16-29-10-12-30(13-11-29)23-26-8-5-9-27-23/h5,8-9,17H,4,6-7,10-14,16H2,1-3H3,(H,28,31). The number of piperazine rings is 1. The first-order valence-corrected chi connectivity index (χ1v) is 12.3. The molecule has 4 rings (SSSR count). The Bertz CT molecular complexity index is 988. The molecule has 2 aliphatic rings. The van der Waals surface area contributed by atoms with Crippen LogP contribution in [0.2, 0.25) is 0 Å². The quantitative estimate of drug-likeness (QED) is 0.719. The van der Waals surface area contributed by atoms with Gasteiger partial charge >= 0.3 is 0 Å². The molecule has 1 atom stereocenters. The van der Waals surface area contributed by atoms with Crippen molar-refractivity contribution in [3.05, 3.63) is 34.5 Å². The average Bonchev–Trinajstić information content (AvgIpc) is 3.16. The molecule has 32 heavy (non-hydrogen) atoms. The zero-order chi connectivity index (χ0) is 22.7. The Labute approximate surface area is 194 Å². The second-order valence-electron chi connectivity index (χ2n) is 9.46. The van der Waals surface area contributed by atoms with Gasteiger partial charge in [-0.05, 0) is 42.2 Å². The number of hydrogen-bond donors (Lipinski definition) is 1. The minimum atomic E-state index is -0.0463. The lowest BCUT2D eigenvalue weighted by Crippen LogP contribution is -2.49. The van der Waals surface area contributed by atoms with E-state index in [2.05, 4.69) is 51.9 Å². The van der Waals surface area contributed by atoms with E-state index in [1.54, 1.807) is 23.7 Å². The number of nitrogens with zero attached hydrogens (tertiary/aromatic N) is 5. The largest absolute Gasteiger partial charge is 0.338 e. The van der Waals surface area contributed by atoms with Gasteiger partial charge in [-0.2, -0.15) is 5.26 Å². The summed E-state index contributed by atoms with van der Waals surface area (Å²) in [5.41, 5.74) is 2.13. The van der Waals surface area contributed by atoms with Crippen LogP contribution in [0.3, 0.4) is 0 Å². The molecule has 1 fully saturated rings. The third-order valence-corrected chi connectivity index (χ3v) is 8.39. The van der Waals surface area contributed by atoms with Crippen LogP contribution in [0, 0.1) is 22.7 Å². The van der Waals surface area contributed by atoms with Crippen molar-refractivity contribution in [1.29, 1.82) is 5.26 Å². The van der Waals surface area contributed by atoms with E-state index in [1.165, 1.54) is 4.88 Å². The van der Waals surface area contributed by atoms with E-state index in [0.29, 0.717) is 23.4 Å². The Hall–Kier alpha value is -2.50. The van der Waals surface area contributed by atoms with Gasteiger partial charge in [-0.15, -0.1) is 11.3 Å². The fourth-order valence-electron chi connectivity index (χ4n) is 4.68. The van der Waals surface area contributed by atoms with Crippen LogP contribution >= 0.6 is 11.3 Å². The first-order valence-electron chi connectivity index (χ1n) is 11.5. The second kappa shape index (κ2) is 9.55. The molecule has 1 N–H and O–H groups in total. The highest BCUT2D eigenvalue weighted by molar-refractivity contribution is 7.16. The number of thiophene rings is 1. The predicted molar refractivity (Wildman–Crippen MR) is 128 cm³/mol. The van der Waals surface area contributed by atoms with Gasteiger partial charge < -0.3 is 10.2 Å². The Morgan fingerprint density at radius 2 is 2.00 bits per heavy atom. The smallest absolute Gasteiger partial charge is 0.239 e. The zero-order valence-electron chi connectivity index (χ0n) is 19.2. The molecule has 2 aromatic rings. The fourth-order valence-corrected chi connectivity index (χ4v) is 5.97. The summed E-state index contributed by atoms with van der Waals surface area (Å²) in [7, 11) is 0. The fraction of sp³-hybridized carbons (Fsp3) is 0.583. The Balaban J connectivity index is 1.36. The van der Waals surface area contributed by atoms with E-state index in [-0.39, 0.29) is 5.91 Å². The van der Waals surface area contributed by atoms with E-state index in [4.69, 9.17) is 0 Å². The summed E-state index contributed by atoms with van der Waals surface area (Å²) in [5, 5.41) is 13.6. The average molecular weight is 453 g/mol. The molecule has 1 saturated heterocycles. The summed E-state index contributed by atoms with van der Waals surface area (Å²) in [6, 6.07) is 4.18. The van der Waals surface area contributed by atoms with Crippen molar-refractivity contribution in [3.63, 3.8) is 0 Å². The summed E-state index contributed by atoms with van der Waals surface area (Å²) < 4.78 is 0. The molecule has 0 bridgehead atoms. The molecule has 3 heterocycles. The van der Waals surface area contributed by atoms with Crippen molar-refractivity contribution >= 4 is 28.2 Å². The lowest BCUT2D eigenvalue weighted by Gasteiger charge is -2.36. The van der Waals surface area contributed by atoms with E-state index in [9.17, 15) is 10.1 Å². The van der Waals surface area contributed by atoms with Gasteiger partial charge in [0.25, 0.3) is 0 Å². The summed E-state index contributed by atoms with van der Waals surface area (Å²) in [5.74, 6) is 1.32. The molecule has 0 radical (unpaired) electrons. The number of carbonyl (C=O) groups is 1. The van der Waals surface area contributed by atoms with Crippen molar-refractivity contribution < 1.29 is 4.79 Å². The van der Waals surface area contributed by atoms with Crippen molar-refractivity contribution in [3.8, 4) is 6.07 Å². The number of carbonyl (C=O) groups excluding carboxylic acids is 1. The van der Waals surface area contributed by atoms with Gasteiger partial charge in [-0.25, -0.2) is 9.97 Å². The van der Waals surface area contributed by atoms with Gasteiger partial charge in [0.2, 0.25) is 11.9 Å². The van der Waals surface area contributed by atoms with Crippen LogP contribution in [-0.2, 0) is 17.6 Å². The molecule has 0 saturated carbocycles. The number of nitriles is 1. The lowest BCUT2D eigenvalue weighted by molar-refractivity contribution is -0.117. The van der Waals surface area contributed by atoms with Crippen LogP contribution in [0.5, 0.6) is 0 Å². The van der Waals surface area contributed by atoms with Crippen molar-refractivity contribution in [2.45, 2.75) is 46.5 Å². The number of nitrogens with one attached hydrogen (secondary N) is 1. The highest BCUT2D eigenvalue weighted by Crippen LogP contribution is 2.45. The molecule has 8 heteroatoms. The highest BCUT2D eigenvalue weighted by atomic mass is 32.1. The molecule has 170 valence electrons. The summed E-state index contributed by atoms with van der Waals surface area (Å²) in [4.78, 5) is 27.0. The van der Waals surface area contributed by atoms with Crippen LogP contribution < -0.4 is 10.2 Å². The topological polar surface area (TPSA) is 85.2 Å². The van der Waals surface area contributed by atoms with Crippen LogP contribution in [0.4, 0.5) is 10.9 Å². The summed E-state index contributed by atoms with van der Waals surface area (Å²) in [6.07, 6.45) is 7.71.